The molecule has 126 valence electrons. The Morgan fingerprint density at radius 1 is 1.30 bits per heavy atom. The van der Waals surface area contributed by atoms with Gasteiger partial charge >= 0.3 is 0 Å². The number of hydrogen-bond donors (Lipinski definition) is 1. The van der Waals surface area contributed by atoms with Crippen molar-refractivity contribution in [3.63, 3.8) is 0 Å². The summed E-state index contributed by atoms with van der Waals surface area (Å²) in [5.41, 5.74) is -1.69. The molecule has 0 aromatic heterocycles. The molecule has 3 aliphatic carbocycles. The molecule has 2 fully saturated rings. The predicted molar refractivity (Wildman–Crippen MR) is 89.7 cm³/mol. The number of Topliss-reactive ketones (excluding diaryl/α,β-unsaturated/α-hetero) is 1. The fourth-order valence-corrected chi connectivity index (χ4v) is 5.65. The second kappa shape index (κ2) is 4.89. The van der Waals surface area contributed by atoms with Crippen molar-refractivity contribution in [3.8, 4) is 0 Å². The fraction of sp³-hybridized carbons (Fsp3) is 0.700. The van der Waals surface area contributed by atoms with E-state index in [0.29, 0.717) is 6.42 Å². The lowest BCUT2D eigenvalue weighted by atomic mass is 9.44. The van der Waals surface area contributed by atoms with Crippen LogP contribution in [0.15, 0.2) is 24.8 Å². The van der Waals surface area contributed by atoms with Crippen LogP contribution in [0.2, 0.25) is 0 Å². The van der Waals surface area contributed by atoms with Crippen molar-refractivity contribution in [1.29, 1.82) is 0 Å². The number of rotatable bonds is 1. The third kappa shape index (κ3) is 1.86. The highest BCUT2D eigenvalue weighted by Gasteiger charge is 2.66. The summed E-state index contributed by atoms with van der Waals surface area (Å²) in [5, 5.41) is 11.1. The molecule has 2 bridgehead atoms. The van der Waals surface area contributed by atoms with E-state index in [9.17, 15) is 14.7 Å². The van der Waals surface area contributed by atoms with Gasteiger partial charge in [0.2, 0.25) is 0 Å². The topological polar surface area (TPSA) is 54.4 Å². The minimum atomic E-state index is -0.741. The molecule has 0 radical (unpaired) electrons. The third-order valence-electron chi connectivity index (χ3n) is 7.62. The Hall–Kier alpha value is -1.22. The molecule has 3 aliphatic rings. The van der Waals surface area contributed by atoms with E-state index in [-0.39, 0.29) is 29.3 Å². The standard InChI is InChI=1S/C20H28O3/c1-6-18(4)11-15(22)19(5)12(2)7-9-20(13(3)17(18)23)10-8-14(21)16(19)20/h6,8,10,12-13,15-16,22H,1,7,9,11H2,2-5H3/t12-,13+,15-,16+,18-,19+,20+/m1/s1. The van der Waals surface area contributed by atoms with Crippen LogP contribution in [0.5, 0.6) is 0 Å². The number of carbonyl (C=O) groups excluding carboxylic acids is 2. The Morgan fingerprint density at radius 2 is 1.96 bits per heavy atom. The van der Waals surface area contributed by atoms with Crippen LogP contribution in [-0.2, 0) is 9.59 Å². The van der Waals surface area contributed by atoms with Gasteiger partial charge in [-0.2, -0.15) is 0 Å². The van der Waals surface area contributed by atoms with Crippen LogP contribution < -0.4 is 0 Å². The number of hydrogen-bond acceptors (Lipinski definition) is 3. The summed E-state index contributed by atoms with van der Waals surface area (Å²) >= 11 is 0. The molecule has 0 unspecified atom stereocenters. The van der Waals surface area contributed by atoms with Gasteiger partial charge in [-0.1, -0.05) is 32.9 Å². The smallest absolute Gasteiger partial charge is 0.160 e. The summed E-state index contributed by atoms with van der Waals surface area (Å²) in [4.78, 5) is 25.9. The molecule has 3 nitrogen and oxygen atoms in total. The molecule has 1 N–H and O–H groups in total. The lowest BCUT2D eigenvalue weighted by Crippen LogP contribution is -2.61. The maximum absolute atomic E-state index is 13.2. The van der Waals surface area contributed by atoms with E-state index >= 15 is 0 Å². The van der Waals surface area contributed by atoms with E-state index in [4.69, 9.17) is 0 Å². The zero-order valence-electron chi connectivity index (χ0n) is 14.6. The van der Waals surface area contributed by atoms with E-state index in [1.165, 1.54) is 0 Å². The summed E-state index contributed by atoms with van der Waals surface area (Å²) in [6.07, 6.45) is 6.76. The van der Waals surface area contributed by atoms with Crippen molar-refractivity contribution >= 4 is 11.6 Å². The molecule has 0 spiro atoms. The van der Waals surface area contributed by atoms with Crippen LogP contribution in [0.1, 0.15) is 47.0 Å². The fourth-order valence-electron chi connectivity index (χ4n) is 5.65. The molecule has 0 aromatic carbocycles. The lowest BCUT2D eigenvalue weighted by Gasteiger charge is -2.59. The maximum Gasteiger partial charge on any atom is 0.160 e. The number of aliphatic hydroxyl groups is 1. The quantitative estimate of drug-likeness (QED) is 0.755. The summed E-state index contributed by atoms with van der Waals surface area (Å²) in [5.74, 6) is -0.0963. The van der Waals surface area contributed by atoms with Gasteiger partial charge in [0.15, 0.2) is 5.78 Å². The van der Waals surface area contributed by atoms with Gasteiger partial charge in [-0.15, -0.1) is 6.58 Å². The van der Waals surface area contributed by atoms with Gasteiger partial charge in [-0.25, -0.2) is 0 Å². The Bertz CT molecular complexity index is 606. The molecule has 7 atom stereocenters. The summed E-state index contributed by atoms with van der Waals surface area (Å²) in [6.45, 7) is 11.9. The number of carbonyl (C=O) groups is 2. The Kier molecular flexibility index (Phi) is 3.54. The zero-order valence-corrected chi connectivity index (χ0v) is 14.6. The molecule has 0 aliphatic heterocycles. The Morgan fingerprint density at radius 3 is 2.57 bits per heavy atom. The van der Waals surface area contributed by atoms with Crippen LogP contribution in [-0.4, -0.2) is 22.8 Å². The van der Waals surface area contributed by atoms with Crippen molar-refractivity contribution in [3.05, 3.63) is 24.8 Å². The molecule has 0 heterocycles. The minimum Gasteiger partial charge on any atom is -0.392 e. The van der Waals surface area contributed by atoms with E-state index < -0.39 is 22.3 Å². The van der Waals surface area contributed by atoms with Crippen molar-refractivity contribution in [2.24, 2.45) is 34.0 Å². The Labute approximate surface area is 138 Å². The predicted octanol–water partition coefficient (Wildman–Crippen LogP) is 3.33. The first kappa shape index (κ1) is 16.6. The molecule has 0 amide bonds. The summed E-state index contributed by atoms with van der Waals surface area (Å²) in [6, 6.07) is 0. The average Bonchev–Trinajstić information content (AvgIpc) is 2.87. The molecule has 0 aromatic rings. The van der Waals surface area contributed by atoms with Gasteiger partial charge in [0.05, 0.1) is 6.10 Å². The number of allylic oxidation sites excluding steroid dienone is 3. The highest BCUT2D eigenvalue weighted by molar-refractivity contribution is 5.99. The molecule has 2 saturated carbocycles. The largest absolute Gasteiger partial charge is 0.392 e. The lowest BCUT2D eigenvalue weighted by molar-refractivity contribution is -0.171. The van der Waals surface area contributed by atoms with Crippen LogP contribution >= 0.6 is 0 Å². The van der Waals surface area contributed by atoms with Crippen molar-refractivity contribution in [2.75, 3.05) is 0 Å². The average molecular weight is 316 g/mol. The molecule has 23 heavy (non-hydrogen) atoms. The van der Waals surface area contributed by atoms with E-state index in [2.05, 4.69) is 20.4 Å². The van der Waals surface area contributed by atoms with Gasteiger partial charge in [0.25, 0.3) is 0 Å². The minimum absolute atomic E-state index is 0.0833. The van der Waals surface area contributed by atoms with Crippen molar-refractivity contribution in [1.82, 2.24) is 0 Å². The molecule has 0 saturated heterocycles. The first-order valence-electron chi connectivity index (χ1n) is 8.72. The van der Waals surface area contributed by atoms with Gasteiger partial charge in [0.1, 0.15) is 5.78 Å². The SMILES string of the molecule is C=C[C@]1(C)C[C@@H](O)[C@]2(C)[C@H](C)CC[C@]3(C=CC(=O)[C@H]32)[C@@H](C)C1=O. The van der Waals surface area contributed by atoms with Gasteiger partial charge < -0.3 is 5.11 Å². The second-order valence-corrected chi connectivity index (χ2v) is 8.51. The maximum atomic E-state index is 13.2. The summed E-state index contributed by atoms with van der Waals surface area (Å²) < 4.78 is 0. The second-order valence-electron chi connectivity index (χ2n) is 8.51. The normalized spacial score (nSPS) is 52.7. The highest BCUT2D eigenvalue weighted by atomic mass is 16.3. The van der Waals surface area contributed by atoms with E-state index in [1.807, 2.05) is 19.9 Å². The van der Waals surface area contributed by atoms with Crippen molar-refractivity contribution < 1.29 is 14.7 Å². The first-order chi connectivity index (χ1) is 10.6. The number of ketones is 2. The number of aliphatic hydroxyl groups excluding tert-OH is 1. The van der Waals surface area contributed by atoms with Crippen LogP contribution in [0.25, 0.3) is 0 Å². The van der Waals surface area contributed by atoms with E-state index in [0.717, 1.165) is 12.8 Å². The third-order valence-corrected chi connectivity index (χ3v) is 7.62. The van der Waals surface area contributed by atoms with Gasteiger partial charge in [0, 0.05) is 28.1 Å². The molecule has 3 rings (SSSR count). The van der Waals surface area contributed by atoms with Crippen LogP contribution in [0.4, 0.5) is 0 Å². The van der Waals surface area contributed by atoms with Gasteiger partial charge in [-0.05, 0) is 38.2 Å². The zero-order chi connectivity index (χ0) is 17.2. The van der Waals surface area contributed by atoms with Crippen molar-refractivity contribution in [2.45, 2.75) is 53.1 Å². The Balaban J connectivity index is 2.24. The summed E-state index contributed by atoms with van der Waals surface area (Å²) in [7, 11) is 0. The molecular weight excluding hydrogens is 288 g/mol. The molecular formula is C20H28O3. The molecule has 3 heteroatoms. The highest BCUT2D eigenvalue weighted by Crippen LogP contribution is 2.64. The first-order valence-corrected chi connectivity index (χ1v) is 8.72. The van der Waals surface area contributed by atoms with Crippen LogP contribution in [0, 0.1) is 34.0 Å². The van der Waals surface area contributed by atoms with Crippen LogP contribution in [0.3, 0.4) is 0 Å². The monoisotopic (exact) mass is 316 g/mol. The van der Waals surface area contributed by atoms with E-state index in [1.54, 1.807) is 12.2 Å². The van der Waals surface area contributed by atoms with Gasteiger partial charge in [-0.3, -0.25) is 9.59 Å².